The van der Waals surface area contributed by atoms with Gasteiger partial charge in [-0.2, -0.15) is 0 Å². The first-order valence-corrected chi connectivity index (χ1v) is 6.73. The molecular formula is C11H11BrIN3. The normalized spacial score (nSPS) is 12.7. The molecule has 84 valence electrons. The maximum absolute atomic E-state index is 6.16. The molecule has 0 bridgehead atoms. The quantitative estimate of drug-likeness (QED) is 0.790. The lowest BCUT2D eigenvalue weighted by molar-refractivity contribution is 0.691. The molecule has 1 aromatic heterocycles. The van der Waals surface area contributed by atoms with Gasteiger partial charge in [-0.3, -0.25) is 0 Å². The van der Waals surface area contributed by atoms with Crippen LogP contribution in [0.1, 0.15) is 17.4 Å². The molecular weight excluding hydrogens is 381 g/mol. The second-order valence-corrected chi connectivity index (χ2v) is 5.61. The summed E-state index contributed by atoms with van der Waals surface area (Å²) in [6.07, 6.45) is 4.27. The van der Waals surface area contributed by atoms with Crippen molar-refractivity contribution in [2.75, 3.05) is 0 Å². The number of halogens is 2. The third kappa shape index (κ3) is 2.83. The molecule has 1 heterocycles. The lowest BCUT2D eigenvalue weighted by Crippen LogP contribution is -2.15. The molecule has 5 heteroatoms. The van der Waals surface area contributed by atoms with Crippen LogP contribution in [0.3, 0.4) is 0 Å². The molecule has 3 N–H and O–H groups in total. The number of rotatable bonds is 3. The second-order valence-electron chi connectivity index (χ2n) is 3.51. The number of imidazole rings is 1. The van der Waals surface area contributed by atoms with Gasteiger partial charge in [0.05, 0.1) is 0 Å². The Labute approximate surface area is 116 Å². The molecule has 0 aliphatic carbocycles. The average molecular weight is 392 g/mol. The molecule has 16 heavy (non-hydrogen) atoms. The first kappa shape index (κ1) is 12.1. The summed E-state index contributed by atoms with van der Waals surface area (Å²) in [5.74, 6) is 0.915. The maximum Gasteiger partial charge on any atom is 0.107 e. The Morgan fingerprint density at radius 1 is 1.50 bits per heavy atom. The molecule has 0 aliphatic heterocycles. The molecule has 0 saturated heterocycles. The number of H-pyrrole nitrogens is 1. The third-order valence-electron chi connectivity index (χ3n) is 2.33. The van der Waals surface area contributed by atoms with Gasteiger partial charge in [-0.25, -0.2) is 4.98 Å². The van der Waals surface area contributed by atoms with Crippen molar-refractivity contribution in [1.29, 1.82) is 0 Å². The van der Waals surface area contributed by atoms with Crippen LogP contribution in [-0.2, 0) is 6.42 Å². The van der Waals surface area contributed by atoms with Gasteiger partial charge in [0.2, 0.25) is 0 Å². The van der Waals surface area contributed by atoms with Crippen molar-refractivity contribution in [2.45, 2.75) is 12.5 Å². The smallest absolute Gasteiger partial charge is 0.107 e. The number of hydrogen-bond acceptors (Lipinski definition) is 2. The summed E-state index contributed by atoms with van der Waals surface area (Å²) < 4.78 is 2.23. The predicted octanol–water partition coefficient (Wildman–Crippen LogP) is 3.02. The number of nitrogens with two attached hydrogens (primary N) is 1. The standard InChI is InChI=1S/C11H11BrIN3/c12-9-2-1-7(13)5-8(9)10(14)6-11-15-3-4-16-11/h1-5,10H,6,14H2,(H,15,16). The molecule has 1 aromatic carbocycles. The van der Waals surface area contributed by atoms with E-state index >= 15 is 0 Å². The fraction of sp³-hybridized carbons (Fsp3) is 0.182. The first-order chi connectivity index (χ1) is 7.66. The molecule has 0 spiro atoms. The van der Waals surface area contributed by atoms with E-state index in [1.54, 1.807) is 6.20 Å². The summed E-state index contributed by atoms with van der Waals surface area (Å²) in [5, 5.41) is 0. The van der Waals surface area contributed by atoms with Gasteiger partial charge < -0.3 is 10.7 Å². The van der Waals surface area contributed by atoms with E-state index in [1.165, 1.54) is 3.57 Å². The van der Waals surface area contributed by atoms with Crippen molar-refractivity contribution in [2.24, 2.45) is 5.73 Å². The van der Waals surface area contributed by atoms with E-state index < -0.39 is 0 Å². The Morgan fingerprint density at radius 2 is 2.31 bits per heavy atom. The minimum atomic E-state index is -0.0461. The molecule has 0 aliphatic rings. The van der Waals surface area contributed by atoms with Crippen LogP contribution in [0.15, 0.2) is 35.1 Å². The zero-order valence-corrected chi connectivity index (χ0v) is 12.2. The lowest BCUT2D eigenvalue weighted by Gasteiger charge is -2.13. The highest BCUT2D eigenvalue weighted by Gasteiger charge is 2.12. The van der Waals surface area contributed by atoms with Gasteiger partial charge in [-0.05, 0) is 46.4 Å². The Morgan fingerprint density at radius 3 is 3.00 bits per heavy atom. The van der Waals surface area contributed by atoms with Crippen LogP contribution in [0, 0.1) is 3.57 Å². The number of nitrogens with one attached hydrogen (secondary N) is 1. The van der Waals surface area contributed by atoms with E-state index in [1.807, 2.05) is 18.3 Å². The van der Waals surface area contributed by atoms with Crippen molar-refractivity contribution in [1.82, 2.24) is 9.97 Å². The Balaban J connectivity index is 2.20. The summed E-state index contributed by atoms with van der Waals surface area (Å²) in [4.78, 5) is 7.24. The Kier molecular flexibility index (Phi) is 3.99. The van der Waals surface area contributed by atoms with Crippen molar-refractivity contribution < 1.29 is 0 Å². The molecule has 0 saturated carbocycles. The summed E-state index contributed by atoms with van der Waals surface area (Å²) in [7, 11) is 0. The Hall–Kier alpha value is -0.400. The fourth-order valence-electron chi connectivity index (χ4n) is 1.53. The van der Waals surface area contributed by atoms with Crippen LogP contribution in [-0.4, -0.2) is 9.97 Å². The zero-order chi connectivity index (χ0) is 11.5. The van der Waals surface area contributed by atoms with E-state index in [0.29, 0.717) is 6.42 Å². The van der Waals surface area contributed by atoms with E-state index in [2.05, 4.69) is 54.6 Å². The van der Waals surface area contributed by atoms with Crippen LogP contribution >= 0.6 is 38.5 Å². The number of nitrogens with zero attached hydrogens (tertiary/aromatic N) is 1. The molecule has 3 nitrogen and oxygen atoms in total. The average Bonchev–Trinajstić information content (AvgIpc) is 2.74. The number of aromatic nitrogens is 2. The van der Waals surface area contributed by atoms with Crippen molar-refractivity contribution in [3.05, 3.63) is 50.0 Å². The topological polar surface area (TPSA) is 54.7 Å². The van der Waals surface area contributed by atoms with Gasteiger partial charge in [0.1, 0.15) is 5.82 Å². The molecule has 0 fully saturated rings. The van der Waals surface area contributed by atoms with Crippen molar-refractivity contribution >= 4 is 38.5 Å². The second kappa shape index (κ2) is 5.29. The molecule has 0 radical (unpaired) electrons. The SMILES string of the molecule is NC(Cc1ncc[nH]1)c1cc(I)ccc1Br. The number of aromatic amines is 1. The minimum absolute atomic E-state index is 0.0461. The van der Waals surface area contributed by atoms with Crippen molar-refractivity contribution in [3.8, 4) is 0 Å². The van der Waals surface area contributed by atoms with Gasteiger partial charge >= 0.3 is 0 Å². The van der Waals surface area contributed by atoms with Crippen LogP contribution < -0.4 is 5.73 Å². The van der Waals surface area contributed by atoms with Crippen LogP contribution in [0.2, 0.25) is 0 Å². The molecule has 2 rings (SSSR count). The molecule has 2 aromatic rings. The highest BCUT2D eigenvalue weighted by atomic mass is 127. The summed E-state index contributed by atoms with van der Waals surface area (Å²) >= 11 is 5.81. The third-order valence-corrected chi connectivity index (χ3v) is 3.72. The van der Waals surface area contributed by atoms with E-state index in [-0.39, 0.29) is 6.04 Å². The van der Waals surface area contributed by atoms with Gasteiger partial charge in [0, 0.05) is 32.9 Å². The maximum atomic E-state index is 6.16. The summed E-state index contributed by atoms with van der Waals surface area (Å²) in [6.45, 7) is 0. The molecule has 1 unspecified atom stereocenters. The minimum Gasteiger partial charge on any atom is -0.349 e. The van der Waals surface area contributed by atoms with Crippen LogP contribution in [0.5, 0.6) is 0 Å². The van der Waals surface area contributed by atoms with E-state index in [9.17, 15) is 0 Å². The van der Waals surface area contributed by atoms with Crippen LogP contribution in [0.25, 0.3) is 0 Å². The van der Waals surface area contributed by atoms with Gasteiger partial charge in [-0.15, -0.1) is 0 Å². The largest absolute Gasteiger partial charge is 0.349 e. The van der Waals surface area contributed by atoms with E-state index in [4.69, 9.17) is 5.73 Å². The highest BCUT2D eigenvalue weighted by Crippen LogP contribution is 2.25. The zero-order valence-electron chi connectivity index (χ0n) is 8.45. The van der Waals surface area contributed by atoms with Crippen LogP contribution in [0.4, 0.5) is 0 Å². The van der Waals surface area contributed by atoms with Gasteiger partial charge in [-0.1, -0.05) is 15.9 Å². The summed E-state index contributed by atoms with van der Waals surface area (Å²) in [5.41, 5.74) is 7.28. The van der Waals surface area contributed by atoms with Crippen molar-refractivity contribution in [3.63, 3.8) is 0 Å². The lowest BCUT2D eigenvalue weighted by atomic mass is 10.0. The monoisotopic (exact) mass is 391 g/mol. The predicted molar refractivity (Wildman–Crippen MR) is 76.1 cm³/mol. The number of hydrogen-bond donors (Lipinski definition) is 2. The molecule has 1 atom stereocenters. The fourth-order valence-corrected chi connectivity index (χ4v) is 2.58. The first-order valence-electron chi connectivity index (χ1n) is 4.85. The number of benzene rings is 1. The van der Waals surface area contributed by atoms with Gasteiger partial charge in [0.15, 0.2) is 0 Å². The highest BCUT2D eigenvalue weighted by molar-refractivity contribution is 14.1. The molecule has 0 amide bonds. The van der Waals surface area contributed by atoms with Gasteiger partial charge in [0.25, 0.3) is 0 Å². The Bertz CT molecular complexity index is 470. The summed E-state index contributed by atoms with van der Waals surface area (Å²) in [6, 6.07) is 6.13. The van der Waals surface area contributed by atoms with E-state index in [0.717, 1.165) is 15.9 Å².